The predicted octanol–water partition coefficient (Wildman–Crippen LogP) is 1.95. The summed E-state index contributed by atoms with van der Waals surface area (Å²) in [5.74, 6) is 2.20. The van der Waals surface area contributed by atoms with Crippen LogP contribution >= 0.6 is 0 Å². The Morgan fingerprint density at radius 1 is 1.56 bits per heavy atom. The highest BCUT2D eigenvalue weighted by Gasteiger charge is 2.26. The van der Waals surface area contributed by atoms with Crippen LogP contribution in [-0.2, 0) is 0 Å². The molecule has 0 aromatic heterocycles. The van der Waals surface area contributed by atoms with Gasteiger partial charge in [-0.2, -0.15) is 0 Å². The summed E-state index contributed by atoms with van der Waals surface area (Å²) in [5.41, 5.74) is 4.87. The van der Waals surface area contributed by atoms with E-state index in [-0.39, 0.29) is 0 Å². The van der Waals surface area contributed by atoms with Gasteiger partial charge in [0.05, 0.1) is 0 Å². The van der Waals surface area contributed by atoms with Crippen molar-refractivity contribution in [1.82, 2.24) is 10.4 Å². The smallest absolute Gasteiger partial charge is 0.0389 e. The second kappa shape index (κ2) is 5.28. The van der Waals surface area contributed by atoms with E-state index in [1.54, 1.807) is 0 Å². The molecule has 0 aromatic rings. The minimum Gasteiger partial charge on any atom is -0.294 e. The summed E-state index contributed by atoms with van der Waals surface area (Å²) in [6.45, 7) is 8.09. The Balaban J connectivity index is 1.87. The lowest BCUT2D eigenvalue weighted by Crippen LogP contribution is -2.26. The standard InChI is InChI=1S/C13H25N3/c1-10-5-4-6-14-13(10)11(2)7-12-8-15-16(3)9-12/h10-12,15H,4-9H2,1-3H3. The third kappa shape index (κ3) is 2.83. The molecule has 0 radical (unpaired) electrons. The molecule has 3 heteroatoms. The zero-order chi connectivity index (χ0) is 11.5. The molecule has 0 bridgehead atoms. The van der Waals surface area contributed by atoms with Gasteiger partial charge in [-0.3, -0.25) is 10.4 Å². The average molecular weight is 223 g/mol. The molecule has 3 unspecified atom stereocenters. The molecule has 2 rings (SSSR count). The molecule has 2 heterocycles. The van der Waals surface area contributed by atoms with E-state index in [0.29, 0.717) is 5.92 Å². The van der Waals surface area contributed by atoms with Crippen LogP contribution in [0.2, 0.25) is 0 Å². The van der Waals surface area contributed by atoms with E-state index in [1.807, 2.05) is 0 Å². The lowest BCUT2D eigenvalue weighted by atomic mass is 9.84. The molecule has 1 N–H and O–H groups in total. The maximum absolute atomic E-state index is 4.75. The summed E-state index contributed by atoms with van der Waals surface area (Å²) >= 11 is 0. The van der Waals surface area contributed by atoms with Gasteiger partial charge in [0.25, 0.3) is 0 Å². The fraction of sp³-hybridized carbons (Fsp3) is 0.923. The van der Waals surface area contributed by atoms with Gasteiger partial charge in [-0.05, 0) is 37.0 Å². The zero-order valence-electron chi connectivity index (χ0n) is 10.9. The normalized spacial score (nSPS) is 33.8. The molecule has 3 nitrogen and oxygen atoms in total. The molecule has 16 heavy (non-hydrogen) atoms. The van der Waals surface area contributed by atoms with Gasteiger partial charge in [-0.1, -0.05) is 13.8 Å². The quantitative estimate of drug-likeness (QED) is 0.792. The lowest BCUT2D eigenvalue weighted by Gasteiger charge is -2.26. The van der Waals surface area contributed by atoms with Crippen LogP contribution in [0, 0.1) is 17.8 Å². The van der Waals surface area contributed by atoms with Gasteiger partial charge in [0.2, 0.25) is 0 Å². The molecular formula is C13H25N3. The third-order valence-electron chi connectivity index (χ3n) is 3.97. The van der Waals surface area contributed by atoms with Crippen molar-refractivity contribution < 1.29 is 0 Å². The van der Waals surface area contributed by atoms with Gasteiger partial charge < -0.3 is 0 Å². The van der Waals surface area contributed by atoms with Crippen molar-refractivity contribution >= 4 is 5.71 Å². The van der Waals surface area contributed by atoms with Crippen molar-refractivity contribution in [3.05, 3.63) is 0 Å². The third-order valence-corrected chi connectivity index (χ3v) is 3.97. The largest absolute Gasteiger partial charge is 0.294 e. The first kappa shape index (κ1) is 12.1. The summed E-state index contributed by atoms with van der Waals surface area (Å²) in [6, 6.07) is 0. The summed E-state index contributed by atoms with van der Waals surface area (Å²) in [7, 11) is 2.13. The van der Waals surface area contributed by atoms with Gasteiger partial charge in [0.15, 0.2) is 0 Å². The van der Waals surface area contributed by atoms with Crippen LogP contribution in [0.5, 0.6) is 0 Å². The Kier molecular flexibility index (Phi) is 3.98. The number of nitrogens with zero attached hydrogens (tertiary/aromatic N) is 2. The number of nitrogens with one attached hydrogen (secondary N) is 1. The Labute approximate surface area is 99.3 Å². The number of rotatable bonds is 3. The monoisotopic (exact) mass is 223 g/mol. The van der Waals surface area contributed by atoms with Crippen molar-refractivity contribution in [1.29, 1.82) is 0 Å². The van der Waals surface area contributed by atoms with E-state index in [0.717, 1.165) is 24.9 Å². The highest BCUT2D eigenvalue weighted by molar-refractivity contribution is 5.88. The molecule has 0 saturated carbocycles. The maximum Gasteiger partial charge on any atom is 0.0389 e. The summed E-state index contributed by atoms with van der Waals surface area (Å²) in [6.07, 6.45) is 3.91. The van der Waals surface area contributed by atoms with Crippen LogP contribution in [0.25, 0.3) is 0 Å². The second-order valence-electron chi connectivity index (χ2n) is 5.60. The lowest BCUT2D eigenvalue weighted by molar-refractivity contribution is 0.306. The van der Waals surface area contributed by atoms with Crippen LogP contribution in [0.3, 0.4) is 0 Å². The van der Waals surface area contributed by atoms with Crippen LogP contribution in [0.15, 0.2) is 4.99 Å². The Morgan fingerprint density at radius 2 is 2.38 bits per heavy atom. The number of hydrogen-bond donors (Lipinski definition) is 1. The van der Waals surface area contributed by atoms with E-state index < -0.39 is 0 Å². The van der Waals surface area contributed by atoms with Gasteiger partial charge in [0.1, 0.15) is 0 Å². The molecule has 2 aliphatic rings. The van der Waals surface area contributed by atoms with Crippen molar-refractivity contribution in [3.63, 3.8) is 0 Å². The Morgan fingerprint density at radius 3 is 3.00 bits per heavy atom. The molecule has 3 atom stereocenters. The highest BCUT2D eigenvalue weighted by Crippen LogP contribution is 2.24. The minimum absolute atomic E-state index is 0.675. The first-order valence-corrected chi connectivity index (χ1v) is 6.65. The molecule has 2 aliphatic heterocycles. The molecule has 1 fully saturated rings. The molecule has 0 aliphatic carbocycles. The Hall–Kier alpha value is -0.410. The van der Waals surface area contributed by atoms with Crippen LogP contribution in [-0.4, -0.2) is 37.4 Å². The number of aliphatic imine (C=N–C) groups is 1. The topological polar surface area (TPSA) is 27.6 Å². The second-order valence-corrected chi connectivity index (χ2v) is 5.60. The molecular weight excluding hydrogens is 198 g/mol. The molecule has 92 valence electrons. The van der Waals surface area contributed by atoms with E-state index >= 15 is 0 Å². The molecule has 0 aromatic carbocycles. The van der Waals surface area contributed by atoms with Gasteiger partial charge in [-0.15, -0.1) is 0 Å². The SMILES string of the molecule is CC1CCCN=C1C(C)CC1CNN(C)C1. The van der Waals surface area contributed by atoms with Crippen LogP contribution in [0.4, 0.5) is 0 Å². The van der Waals surface area contributed by atoms with E-state index in [2.05, 4.69) is 31.3 Å². The molecule has 0 amide bonds. The van der Waals surface area contributed by atoms with E-state index in [1.165, 1.54) is 31.5 Å². The van der Waals surface area contributed by atoms with Gasteiger partial charge >= 0.3 is 0 Å². The first-order valence-electron chi connectivity index (χ1n) is 6.65. The highest BCUT2D eigenvalue weighted by atomic mass is 15.5. The average Bonchev–Trinajstić information content (AvgIpc) is 2.64. The number of hydrogen-bond acceptors (Lipinski definition) is 3. The van der Waals surface area contributed by atoms with Crippen molar-refractivity contribution in [2.24, 2.45) is 22.7 Å². The minimum atomic E-state index is 0.675. The number of hydrazine groups is 1. The van der Waals surface area contributed by atoms with Crippen molar-refractivity contribution in [2.75, 3.05) is 26.7 Å². The van der Waals surface area contributed by atoms with Gasteiger partial charge in [0, 0.05) is 32.4 Å². The first-order chi connectivity index (χ1) is 7.66. The zero-order valence-corrected chi connectivity index (χ0v) is 10.9. The van der Waals surface area contributed by atoms with Crippen molar-refractivity contribution in [2.45, 2.75) is 33.1 Å². The van der Waals surface area contributed by atoms with Crippen LogP contribution in [0.1, 0.15) is 33.1 Å². The van der Waals surface area contributed by atoms with E-state index in [9.17, 15) is 0 Å². The fourth-order valence-electron chi connectivity index (χ4n) is 3.13. The summed E-state index contributed by atoms with van der Waals surface area (Å²) < 4.78 is 0. The predicted molar refractivity (Wildman–Crippen MR) is 68.6 cm³/mol. The fourth-order valence-corrected chi connectivity index (χ4v) is 3.13. The molecule has 1 saturated heterocycles. The Bertz CT molecular complexity index is 262. The molecule has 0 spiro atoms. The van der Waals surface area contributed by atoms with Crippen molar-refractivity contribution in [3.8, 4) is 0 Å². The van der Waals surface area contributed by atoms with Gasteiger partial charge in [-0.25, -0.2) is 5.01 Å². The summed E-state index contributed by atoms with van der Waals surface area (Å²) in [4.78, 5) is 4.75. The van der Waals surface area contributed by atoms with E-state index in [4.69, 9.17) is 4.99 Å². The summed E-state index contributed by atoms with van der Waals surface area (Å²) in [5, 5.41) is 2.21. The van der Waals surface area contributed by atoms with Crippen LogP contribution < -0.4 is 5.43 Å². The maximum atomic E-state index is 4.75.